The molecule has 1 aromatic rings. The number of benzene rings is 1. The molecule has 1 heterocycles. The van der Waals surface area contributed by atoms with Gasteiger partial charge in [-0.15, -0.1) is 0 Å². The van der Waals surface area contributed by atoms with Crippen LogP contribution >= 0.6 is 11.6 Å². The van der Waals surface area contributed by atoms with Crippen molar-refractivity contribution < 1.29 is 9.90 Å². The summed E-state index contributed by atoms with van der Waals surface area (Å²) in [7, 11) is 0. The molecule has 0 aromatic heterocycles. The summed E-state index contributed by atoms with van der Waals surface area (Å²) in [4.78, 5) is 13.9. The van der Waals surface area contributed by atoms with E-state index in [1.165, 1.54) is 0 Å². The third kappa shape index (κ3) is 3.03. The molecule has 0 saturated heterocycles. The highest BCUT2D eigenvalue weighted by atomic mass is 35.5. The van der Waals surface area contributed by atoms with Gasteiger partial charge in [0.2, 0.25) is 0 Å². The van der Waals surface area contributed by atoms with E-state index in [1.54, 1.807) is 0 Å². The van der Waals surface area contributed by atoms with Crippen LogP contribution in [0.4, 0.5) is 5.69 Å². The Hall–Kier alpha value is -1.22. The lowest BCUT2D eigenvalue weighted by Gasteiger charge is -2.50. The quantitative estimate of drug-likeness (QED) is 0.877. The van der Waals surface area contributed by atoms with Crippen molar-refractivity contribution in [1.29, 1.82) is 0 Å². The molecule has 1 aliphatic heterocycles. The van der Waals surface area contributed by atoms with Gasteiger partial charge in [-0.1, -0.05) is 31.9 Å². The first-order chi connectivity index (χ1) is 9.77. The largest absolute Gasteiger partial charge is 0.480 e. The van der Waals surface area contributed by atoms with E-state index in [-0.39, 0.29) is 5.54 Å². The first-order valence-electron chi connectivity index (χ1n) is 7.59. The average molecular weight is 310 g/mol. The van der Waals surface area contributed by atoms with Crippen LogP contribution in [0.5, 0.6) is 0 Å². The van der Waals surface area contributed by atoms with E-state index in [0.717, 1.165) is 24.1 Å². The Balaban J connectivity index is 2.56. The molecule has 0 spiro atoms. The highest BCUT2D eigenvalue weighted by molar-refractivity contribution is 6.30. The summed E-state index contributed by atoms with van der Waals surface area (Å²) >= 11 is 6.13. The Bertz CT molecular complexity index is 542. The summed E-state index contributed by atoms with van der Waals surface area (Å²) < 4.78 is 0. The average Bonchev–Trinajstić information content (AvgIpc) is 2.37. The molecule has 2 rings (SSSR count). The Kier molecular flexibility index (Phi) is 4.52. The first-order valence-corrected chi connectivity index (χ1v) is 7.97. The number of halogens is 1. The van der Waals surface area contributed by atoms with Gasteiger partial charge in [-0.05, 0) is 56.4 Å². The SMILES string of the molecule is CCC[C@H](C(=O)O)N1c2ccc(Cl)cc2[C@@H](C)CC1(C)C. The van der Waals surface area contributed by atoms with E-state index in [0.29, 0.717) is 17.4 Å². The normalized spacial score (nSPS) is 21.8. The van der Waals surface area contributed by atoms with Gasteiger partial charge in [0, 0.05) is 16.2 Å². The number of rotatable bonds is 4. The van der Waals surface area contributed by atoms with Crippen LogP contribution in [0.25, 0.3) is 0 Å². The number of nitrogens with zero attached hydrogens (tertiary/aromatic N) is 1. The zero-order valence-electron chi connectivity index (χ0n) is 13.2. The van der Waals surface area contributed by atoms with Gasteiger partial charge in [-0.2, -0.15) is 0 Å². The topological polar surface area (TPSA) is 40.5 Å². The van der Waals surface area contributed by atoms with Crippen molar-refractivity contribution in [2.45, 2.75) is 64.5 Å². The lowest BCUT2D eigenvalue weighted by Crippen LogP contribution is -2.56. The van der Waals surface area contributed by atoms with Crippen molar-refractivity contribution in [2.24, 2.45) is 0 Å². The number of anilines is 1. The lowest BCUT2D eigenvalue weighted by molar-refractivity contribution is -0.139. The molecule has 0 unspecified atom stereocenters. The summed E-state index contributed by atoms with van der Waals surface area (Å²) in [6.45, 7) is 8.47. The van der Waals surface area contributed by atoms with Crippen LogP contribution < -0.4 is 4.90 Å². The highest BCUT2D eigenvalue weighted by Gasteiger charge is 2.42. The minimum Gasteiger partial charge on any atom is -0.480 e. The van der Waals surface area contributed by atoms with Crippen molar-refractivity contribution in [3.05, 3.63) is 28.8 Å². The van der Waals surface area contributed by atoms with Gasteiger partial charge >= 0.3 is 5.97 Å². The summed E-state index contributed by atoms with van der Waals surface area (Å²) in [6.07, 6.45) is 2.42. The lowest BCUT2D eigenvalue weighted by atomic mass is 9.79. The number of carboxylic acids is 1. The van der Waals surface area contributed by atoms with Gasteiger partial charge < -0.3 is 10.0 Å². The molecule has 0 fully saturated rings. The molecule has 0 aliphatic carbocycles. The minimum atomic E-state index is -0.750. The van der Waals surface area contributed by atoms with Gasteiger partial charge in [0.15, 0.2) is 0 Å². The third-order valence-corrected chi connectivity index (χ3v) is 4.63. The predicted octanol–water partition coefficient (Wildman–Crippen LogP) is 4.69. The maximum atomic E-state index is 11.8. The van der Waals surface area contributed by atoms with Crippen LogP contribution in [0.15, 0.2) is 18.2 Å². The molecular weight excluding hydrogens is 286 g/mol. The van der Waals surface area contributed by atoms with Crippen LogP contribution in [-0.4, -0.2) is 22.7 Å². The molecule has 0 amide bonds. The molecular formula is C17H24ClNO2. The van der Waals surface area contributed by atoms with Crippen molar-refractivity contribution in [2.75, 3.05) is 4.90 Å². The fourth-order valence-corrected chi connectivity index (χ4v) is 3.83. The number of hydrogen-bond acceptors (Lipinski definition) is 2. The second kappa shape index (κ2) is 5.88. The molecule has 0 saturated carbocycles. The van der Waals surface area contributed by atoms with Gasteiger partial charge in [-0.3, -0.25) is 0 Å². The summed E-state index contributed by atoms with van der Waals surface area (Å²) in [6, 6.07) is 5.32. The second-order valence-electron chi connectivity index (χ2n) is 6.63. The third-order valence-electron chi connectivity index (χ3n) is 4.40. The van der Waals surface area contributed by atoms with Crippen molar-refractivity contribution in [1.82, 2.24) is 0 Å². The molecule has 4 heteroatoms. The molecule has 0 bridgehead atoms. The monoisotopic (exact) mass is 309 g/mol. The molecule has 1 aromatic carbocycles. The molecule has 1 aliphatic rings. The zero-order valence-corrected chi connectivity index (χ0v) is 13.9. The minimum absolute atomic E-state index is 0.182. The van der Waals surface area contributed by atoms with Crippen LogP contribution in [0, 0.1) is 0 Å². The first kappa shape index (κ1) is 16.2. The number of aliphatic carboxylic acids is 1. The van der Waals surface area contributed by atoms with Gasteiger partial charge in [0.25, 0.3) is 0 Å². The van der Waals surface area contributed by atoms with E-state index in [1.807, 2.05) is 25.1 Å². The van der Waals surface area contributed by atoms with Crippen molar-refractivity contribution >= 4 is 23.3 Å². The maximum Gasteiger partial charge on any atom is 0.326 e. The maximum absolute atomic E-state index is 11.8. The van der Waals surface area contributed by atoms with E-state index < -0.39 is 12.0 Å². The molecule has 1 N–H and O–H groups in total. The van der Waals surface area contributed by atoms with Gasteiger partial charge in [0.1, 0.15) is 6.04 Å². The van der Waals surface area contributed by atoms with Crippen LogP contribution in [0.1, 0.15) is 58.4 Å². The van der Waals surface area contributed by atoms with Crippen molar-refractivity contribution in [3.63, 3.8) is 0 Å². The van der Waals surface area contributed by atoms with E-state index in [4.69, 9.17) is 11.6 Å². The standard InChI is InChI=1S/C17H24ClNO2/c1-5-6-15(16(20)21)19-14-8-7-12(18)9-13(14)11(2)10-17(19,3)4/h7-9,11,15H,5-6,10H2,1-4H3,(H,20,21)/t11-,15+/m0/s1. The Morgan fingerprint density at radius 3 is 2.76 bits per heavy atom. The Morgan fingerprint density at radius 2 is 2.19 bits per heavy atom. The number of carboxylic acid groups (broad SMARTS) is 1. The molecule has 21 heavy (non-hydrogen) atoms. The van der Waals surface area contributed by atoms with E-state index in [9.17, 15) is 9.90 Å². The zero-order chi connectivity index (χ0) is 15.8. The predicted molar refractivity (Wildman–Crippen MR) is 87.4 cm³/mol. The fourth-order valence-electron chi connectivity index (χ4n) is 3.65. The van der Waals surface area contributed by atoms with Crippen molar-refractivity contribution in [3.8, 4) is 0 Å². The number of hydrogen-bond donors (Lipinski definition) is 1. The molecule has 116 valence electrons. The van der Waals surface area contributed by atoms with Crippen LogP contribution in [-0.2, 0) is 4.79 Å². The van der Waals surface area contributed by atoms with Gasteiger partial charge in [-0.25, -0.2) is 4.79 Å². The Morgan fingerprint density at radius 1 is 1.52 bits per heavy atom. The second-order valence-corrected chi connectivity index (χ2v) is 7.07. The molecule has 2 atom stereocenters. The fraction of sp³-hybridized carbons (Fsp3) is 0.588. The summed E-state index contributed by atoms with van der Waals surface area (Å²) in [5, 5.41) is 10.4. The smallest absolute Gasteiger partial charge is 0.326 e. The van der Waals surface area contributed by atoms with Crippen LogP contribution in [0.3, 0.4) is 0 Å². The number of carbonyl (C=O) groups is 1. The van der Waals surface area contributed by atoms with E-state index in [2.05, 4.69) is 25.7 Å². The molecule has 0 radical (unpaired) electrons. The number of fused-ring (bicyclic) bond motifs is 1. The van der Waals surface area contributed by atoms with Crippen LogP contribution in [0.2, 0.25) is 5.02 Å². The highest BCUT2D eigenvalue weighted by Crippen LogP contribution is 2.45. The molecule has 3 nitrogen and oxygen atoms in total. The summed E-state index contributed by atoms with van der Waals surface area (Å²) in [5.74, 6) is -0.374. The Labute approximate surface area is 131 Å². The van der Waals surface area contributed by atoms with E-state index >= 15 is 0 Å². The van der Waals surface area contributed by atoms with Gasteiger partial charge in [0.05, 0.1) is 0 Å². The summed E-state index contributed by atoms with van der Waals surface area (Å²) in [5.41, 5.74) is 1.99.